The number of amides is 1. The van der Waals surface area contributed by atoms with Crippen LogP contribution in [-0.2, 0) is 11.2 Å². The number of carbonyl (C=O) groups is 1. The Kier molecular flexibility index (Phi) is 5.61. The lowest BCUT2D eigenvalue weighted by atomic mass is 10.1. The monoisotopic (exact) mass is 361 g/mol. The smallest absolute Gasteiger partial charge is 0.224 e. The molecule has 2 aromatic rings. The van der Waals surface area contributed by atoms with Crippen molar-refractivity contribution < 1.29 is 9.53 Å². The number of benzene rings is 2. The molecule has 4 heteroatoms. The Morgan fingerprint density at radius 2 is 1.91 bits per heavy atom. The summed E-state index contributed by atoms with van der Waals surface area (Å²) in [5.41, 5.74) is 3.25. The van der Waals surface area contributed by atoms with Crippen LogP contribution in [0.1, 0.15) is 29.7 Å². The Hall–Kier alpha value is -1.81. The Balaban J connectivity index is 1.98. The van der Waals surface area contributed by atoms with Crippen LogP contribution in [0.4, 0.5) is 0 Å². The number of aryl methyl sites for hydroxylation is 1. The number of hydrogen-bond donors (Lipinski definition) is 1. The SMILES string of the molecule is COc1ccc(C(C)NC(=O)Cc2ccc(C)cc2)cc1Br. The first kappa shape index (κ1) is 16.6. The summed E-state index contributed by atoms with van der Waals surface area (Å²) in [6.45, 7) is 4.01. The van der Waals surface area contributed by atoms with Gasteiger partial charge >= 0.3 is 0 Å². The van der Waals surface area contributed by atoms with Crippen molar-refractivity contribution in [3.8, 4) is 5.75 Å². The molecular weight excluding hydrogens is 342 g/mol. The minimum absolute atomic E-state index is 0.0169. The number of halogens is 1. The van der Waals surface area contributed by atoms with Crippen molar-refractivity contribution in [3.63, 3.8) is 0 Å². The van der Waals surface area contributed by atoms with Crippen LogP contribution in [0.5, 0.6) is 5.75 Å². The third-order valence-electron chi connectivity index (χ3n) is 3.54. The van der Waals surface area contributed by atoms with Gasteiger partial charge in [-0.15, -0.1) is 0 Å². The Morgan fingerprint density at radius 3 is 2.50 bits per heavy atom. The summed E-state index contributed by atoms with van der Waals surface area (Å²) in [6.07, 6.45) is 0.391. The predicted octanol–water partition coefficient (Wildman–Crippen LogP) is 4.19. The summed E-state index contributed by atoms with van der Waals surface area (Å²) in [5, 5.41) is 3.02. The van der Waals surface area contributed by atoms with Crippen LogP contribution in [0.3, 0.4) is 0 Å². The highest BCUT2D eigenvalue weighted by Crippen LogP contribution is 2.27. The second-order valence-corrected chi connectivity index (χ2v) is 6.20. The first-order chi connectivity index (χ1) is 10.5. The number of nitrogens with one attached hydrogen (secondary N) is 1. The van der Waals surface area contributed by atoms with Gasteiger partial charge < -0.3 is 10.1 Å². The van der Waals surface area contributed by atoms with Crippen molar-refractivity contribution in [1.29, 1.82) is 0 Å². The lowest BCUT2D eigenvalue weighted by molar-refractivity contribution is -0.121. The lowest BCUT2D eigenvalue weighted by Crippen LogP contribution is -2.28. The molecule has 0 fully saturated rings. The highest BCUT2D eigenvalue weighted by molar-refractivity contribution is 9.10. The number of methoxy groups -OCH3 is 1. The molecule has 1 atom stereocenters. The largest absolute Gasteiger partial charge is 0.496 e. The van der Waals surface area contributed by atoms with E-state index in [0.717, 1.165) is 21.3 Å². The number of rotatable bonds is 5. The number of carbonyl (C=O) groups excluding carboxylic acids is 1. The van der Waals surface area contributed by atoms with Gasteiger partial charge in [0.25, 0.3) is 0 Å². The van der Waals surface area contributed by atoms with Gasteiger partial charge in [0.1, 0.15) is 5.75 Å². The minimum Gasteiger partial charge on any atom is -0.496 e. The lowest BCUT2D eigenvalue weighted by Gasteiger charge is -2.16. The summed E-state index contributed by atoms with van der Waals surface area (Å²) < 4.78 is 6.10. The summed E-state index contributed by atoms with van der Waals surface area (Å²) in [5.74, 6) is 0.797. The van der Waals surface area contributed by atoms with Crippen molar-refractivity contribution in [2.24, 2.45) is 0 Å². The van der Waals surface area contributed by atoms with Gasteiger partial charge in [-0.2, -0.15) is 0 Å². The fourth-order valence-corrected chi connectivity index (χ4v) is 2.78. The van der Waals surface area contributed by atoms with E-state index in [1.807, 2.05) is 56.3 Å². The predicted molar refractivity (Wildman–Crippen MR) is 92.1 cm³/mol. The van der Waals surface area contributed by atoms with Gasteiger partial charge in [0.15, 0.2) is 0 Å². The molecule has 0 aliphatic rings. The third-order valence-corrected chi connectivity index (χ3v) is 4.16. The van der Waals surface area contributed by atoms with Gasteiger partial charge in [-0.25, -0.2) is 0 Å². The molecule has 3 nitrogen and oxygen atoms in total. The number of hydrogen-bond acceptors (Lipinski definition) is 2. The van der Waals surface area contributed by atoms with Crippen LogP contribution in [0.25, 0.3) is 0 Å². The molecule has 0 radical (unpaired) electrons. The van der Waals surface area contributed by atoms with E-state index in [1.165, 1.54) is 5.56 Å². The highest BCUT2D eigenvalue weighted by Gasteiger charge is 2.12. The summed E-state index contributed by atoms with van der Waals surface area (Å²) in [6, 6.07) is 13.8. The fraction of sp³-hybridized carbons (Fsp3) is 0.278. The first-order valence-corrected chi connectivity index (χ1v) is 7.97. The summed E-state index contributed by atoms with van der Waals surface area (Å²) >= 11 is 3.46. The second kappa shape index (κ2) is 7.45. The van der Waals surface area contributed by atoms with Crippen LogP contribution < -0.4 is 10.1 Å². The molecule has 0 saturated heterocycles. The molecule has 1 amide bonds. The molecule has 2 aromatic carbocycles. The van der Waals surface area contributed by atoms with Crippen molar-refractivity contribution >= 4 is 21.8 Å². The van der Waals surface area contributed by atoms with E-state index in [4.69, 9.17) is 4.74 Å². The van der Waals surface area contributed by atoms with Gasteiger partial charge in [-0.05, 0) is 53.0 Å². The molecule has 2 rings (SSSR count). The molecule has 22 heavy (non-hydrogen) atoms. The van der Waals surface area contributed by atoms with E-state index < -0.39 is 0 Å². The molecule has 0 heterocycles. The molecule has 1 unspecified atom stereocenters. The maximum absolute atomic E-state index is 12.1. The van der Waals surface area contributed by atoms with Crippen LogP contribution in [0.15, 0.2) is 46.9 Å². The van der Waals surface area contributed by atoms with Crippen LogP contribution in [-0.4, -0.2) is 13.0 Å². The standard InChI is InChI=1S/C18H20BrNO2/c1-12-4-6-14(7-5-12)10-18(21)20-13(2)15-8-9-17(22-3)16(19)11-15/h4-9,11,13H,10H2,1-3H3,(H,20,21). The summed E-state index contributed by atoms with van der Waals surface area (Å²) in [7, 11) is 1.63. The van der Waals surface area contributed by atoms with Gasteiger partial charge in [0, 0.05) is 0 Å². The maximum atomic E-state index is 12.1. The van der Waals surface area contributed by atoms with Gasteiger partial charge in [-0.3, -0.25) is 4.79 Å². The van der Waals surface area contributed by atoms with Crippen LogP contribution in [0.2, 0.25) is 0 Å². The van der Waals surface area contributed by atoms with Gasteiger partial charge in [0.05, 0.1) is 24.0 Å². The van der Waals surface area contributed by atoms with Crippen molar-refractivity contribution in [3.05, 3.63) is 63.6 Å². The van der Waals surface area contributed by atoms with Crippen molar-refractivity contribution in [1.82, 2.24) is 5.32 Å². The zero-order valence-corrected chi connectivity index (χ0v) is 14.6. The highest BCUT2D eigenvalue weighted by atomic mass is 79.9. The fourth-order valence-electron chi connectivity index (χ4n) is 2.22. The van der Waals surface area contributed by atoms with Crippen molar-refractivity contribution in [2.45, 2.75) is 26.3 Å². The molecule has 0 aliphatic carbocycles. The normalized spacial score (nSPS) is 11.8. The molecular formula is C18H20BrNO2. The Labute approximate surface area is 139 Å². The van der Waals surface area contributed by atoms with E-state index in [9.17, 15) is 4.79 Å². The molecule has 1 N–H and O–H groups in total. The van der Waals surface area contributed by atoms with E-state index in [2.05, 4.69) is 21.2 Å². The average Bonchev–Trinajstić information content (AvgIpc) is 2.49. The molecule has 116 valence electrons. The third kappa shape index (κ3) is 4.34. The molecule has 0 bridgehead atoms. The van der Waals surface area contributed by atoms with Gasteiger partial charge in [-0.1, -0.05) is 35.9 Å². The maximum Gasteiger partial charge on any atom is 0.224 e. The molecule has 0 spiro atoms. The van der Waals surface area contributed by atoms with Crippen molar-refractivity contribution in [2.75, 3.05) is 7.11 Å². The van der Waals surface area contributed by atoms with Gasteiger partial charge in [0.2, 0.25) is 5.91 Å². The van der Waals surface area contributed by atoms with E-state index in [1.54, 1.807) is 7.11 Å². The Morgan fingerprint density at radius 1 is 1.23 bits per heavy atom. The number of ether oxygens (including phenoxy) is 1. The molecule has 0 aliphatic heterocycles. The van der Waals surface area contributed by atoms with E-state index in [-0.39, 0.29) is 11.9 Å². The minimum atomic E-state index is -0.0554. The average molecular weight is 362 g/mol. The summed E-state index contributed by atoms with van der Waals surface area (Å²) in [4.78, 5) is 12.1. The molecule has 0 saturated carbocycles. The molecule has 0 aromatic heterocycles. The zero-order valence-electron chi connectivity index (χ0n) is 13.0. The van der Waals surface area contributed by atoms with E-state index >= 15 is 0 Å². The van der Waals surface area contributed by atoms with Crippen LogP contribution in [0, 0.1) is 6.92 Å². The Bertz CT molecular complexity index is 653. The second-order valence-electron chi connectivity index (χ2n) is 5.35. The van der Waals surface area contributed by atoms with Crippen LogP contribution >= 0.6 is 15.9 Å². The van der Waals surface area contributed by atoms with E-state index in [0.29, 0.717) is 6.42 Å². The topological polar surface area (TPSA) is 38.3 Å². The first-order valence-electron chi connectivity index (χ1n) is 7.18. The quantitative estimate of drug-likeness (QED) is 0.866. The zero-order chi connectivity index (χ0) is 16.1.